The Balaban J connectivity index is 1.42. The molecule has 204 valence electrons. The van der Waals surface area contributed by atoms with Crippen LogP contribution in [-0.4, -0.2) is 40.3 Å². The average Bonchev–Trinajstić information content (AvgIpc) is 3.29. The highest BCUT2D eigenvalue weighted by Crippen LogP contribution is 2.47. The van der Waals surface area contributed by atoms with Gasteiger partial charge in [0.1, 0.15) is 11.1 Å². The first-order valence-corrected chi connectivity index (χ1v) is 13.7. The monoisotopic (exact) mass is 537 g/mol. The maximum Gasteiger partial charge on any atom is 0.255 e. The number of carbonyl (C=O) groups is 1. The summed E-state index contributed by atoms with van der Waals surface area (Å²) in [6.45, 7) is 3.55. The number of aromatic nitrogens is 2. The number of pyridine rings is 2. The van der Waals surface area contributed by atoms with E-state index in [4.69, 9.17) is 14.5 Å². The molecule has 39 heavy (non-hydrogen) atoms. The van der Waals surface area contributed by atoms with E-state index in [1.54, 1.807) is 17.6 Å². The van der Waals surface area contributed by atoms with Crippen LogP contribution in [0.3, 0.4) is 0 Å². The van der Waals surface area contributed by atoms with Crippen molar-refractivity contribution < 1.29 is 28.2 Å². The zero-order valence-electron chi connectivity index (χ0n) is 21.7. The van der Waals surface area contributed by atoms with E-state index in [0.717, 1.165) is 49.9 Å². The summed E-state index contributed by atoms with van der Waals surface area (Å²) in [5.74, 6) is -2.64. The average molecular weight is 538 g/mol. The lowest BCUT2D eigenvalue weighted by Gasteiger charge is -2.23. The topological polar surface area (TPSA) is 103 Å². The van der Waals surface area contributed by atoms with E-state index in [9.17, 15) is 19.1 Å². The fourth-order valence-corrected chi connectivity index (χ4v) is 6.89. The van der Waals surface area contributed by atoms with E-state index in [1.807, 2.05) is 0 Å². The van der Waals surface area contributed by atoms with Gasteiger partial charge in [-0.3, -0.25) is 9.59 Å². The SMILES string of the molecule is CCC1(O)C(=O)Cc2c1cc1n(c2=O)Cc2c-1nc1c3c(F)c(F)c(c1c2CCCC1CCCNC1)OCO3. The van der Waals surface area contributed by atoms with Crippen molar-refractivity contribution in [3.05, 3.63) is 50.3 Å². The predicted molar refractivity (Wildman–Crippen MR) is 138 cm³/mol. The molecule has 6 heterocycles. The van der Waals surface area contributed by atoms with Gasteiger partial charge in [0.2, 0.25) is 18.4 Å². The number of carbonyl (C=O) groups excluding carboxylic acids is 1. The van der Waals surface area contributed by atoms with Gasteiger partial charge in [0.15, 0.2) is 17.3 Å². The Hall–Kier alpha value is -3.37. The third-order valence-corrected chi connectivity index (χ3v) is 9.01. The number of nitrogens with zero attached hydrogens (tertiary/aromatic N) is 2. The van der Waals surface area contributed by atoms with E-state index in [2.05, 4.69) is 5.32 Å². The molecule has 0 spiro atoms. The molecule has 0 radical (unpaired) electrons. The van der Waals surface area contributed by atoms with E-state index in [1.165, 1.54) is 0 Å². The maximum atomic E-state index is 15.1. The van der Waals surface area contributed by atoms with Crippen molar-refractivity contribution in [3.8, 4) is 22.9 Å². The molecule has 0 saturated carbocycles. The molecule has 10 heteroatoms. The van der Waals surface area contributed by atoms with Gasteiger partial charge in [-0.1, -0.05) is 6.92 Å². The number of halogens is 2. The standard InChI is InChI=1S/C29H29F2N3O5/c1-2-29(37)18-10-19-24-17(12-34(19)28(36)16(18)9-20(29)35)15(7-3-5-14-6-4-8-32-11-14)21-25(33-24)27-23(31)22(30)26(21)38-13-39-27/h10,14,32,37H,2-9,11-13H2,1H3. The van der Waals surface area contributed by atoms with Gasteiger partial charge in [-0.15, -0.1) is 0 Å². The van der Waals surface area contributed by atoms with Crippen LogP contribution in [0.25, 0.3) is 22.3 Å². The summed E-state index contributed by atoms with van der Waals surface area (Å²) < 4.78 is 42.6. The number of fused-ring (bicyclic) bond motifs is 7. The molecule has 2 unspecified atom stereocenters. The van der Waals surface area contributed by atoms with Gasteiger partial charge < -0.3 is 24.5 Å². The Kier molecular flexibility index (Phi) is 5.58. The minimum atomic E-state index is -1.73. The zero-order valence-corrected chi connectivity index (χ0v) is 21.7. The molecule has 1 saturated heterocycles. The Morgan fingerprint density at radius 1 is 1.21 bits per heavy atom. The van der Waals surface area contributed by atoms with Gasteiger partial charge in [0, 0.05) is 23.1 Å². The maximum absolute atomic E-state index is 15.1. The predicted octanol–water partition coefficient (Wildman–Crippen LogP) is 3.48. The fourth-order valence-electron chi connectivity index (χ4n) is 6.89. The van der Waals surface area contributed by atoms with Crippen LogP contribution in [-0.2, 0) is 29.8 Å². The molecule has 3 aromatic rings. The van der Waals surface area contributed by atoms with Crippen molar-refractivity contribution in [1.29, 1.82) is 0 Å². The second-order valence-corrected chi connectivity index (χ2v) is 11.1. The molecular formula is C29H29F2N3O5. The number of benzene rings is 1. The van der Waals surface area contributed by atoms with Crippen molar-refractivity contribution in [3.63, 3.8) is 0 Å². The van der Waals surface area contributed by atoms with Gasteiger partial charge in [-0.25, -0.2) is 4.98 Å². The number of hydrogen-bond donors (Lipinski definition) is 2. The van der Waals surface area contributed by atoms with E-state index >= 15 is 4.39 Å². The Bertz CT molecular complexity index is 1630. The first kappa shape index (κ1) is 24.7. The normalized spacial score (nSPS) is 22.9. The number of piperidine rings is 1. The molecular weight excluding hydrogens is 508 g/mol. The van der Waals surface area contributed by atoms with E-state index < -0.39 is 23.0 Å². The lowest BCUT2D eigenvalue weighted by molar-refractivity contribution is -0.136. The molecule has 2 N–H and O–H groups in total. The lowest BCUT2D eigenvalue weighted by Crippen LogP contribution is -2.31. The molecule has 2 atom stereocenters. The number of hydrogen-bond acceptors (Lipinski definition) is 7. The highest BCUT2D eigenvalue weighted by atomic mass is 19.2. The summed E-state index contributed by atoms with van der Waals surface area (Å²) in [6, 6.07) is 1.67. The molecule has 8 nitrogen and oxygen atoms in total. The highest BCUT2D eigenvalue weighted by Gasteiger charge is 2.46. The van der Waals surface area contributed by atoms with Gasteiger partial charge in [-0.05, 0) is 69.2 Å². The molecule has 1 aliphatic carbocycles. The summed E-state index contributed by atoms with van der Waals surface area (Å²) in [6.07, 6.45) is 4.67. The first-order valence-electron chi connectivity index (χ1n) is 13.7. The molecule has 8 rings (SSSR count). The molecule has 1 aromatic carbocycles. The van der Waals surface area contributed by atoms with Gasteiger partial charge in [-0.2, -0.15) is 8.78 Å². The molecule has 4 aliphatic heterocycles. The van der Waals surface area contributed by atoms with Crippen molar-refractivity contribution >= 4 is 16.7 Å². The van der Waals surface area contributed by atoms with Crippen LogP contribution in [0.1, 0.15) is 61.3 Å². The Labute approximate surface area is 222 Å². The minimum absolute atomic E-state index is 0.126. The van der Waals surface area contributed by atoms with Crippen LogP contribution in [0.15, 0.2) is 10.9 Å². The van der Waals surface area contributed by atoms with Crippen LogP contribution in [0.5, 0.6) is 11.5 Å². The summed E-state index contributed by atoms with van der Waals surface area (Å²) in [5, 5.41) is 15.0. The van der Waals surface area contributed by atoms with Crippen LogP contribution < -0.4 is 20.3 Å². The van der Waals surface area contributed by atoms with Crippen LogP contribution >= 0.6 is 0 Å². The second kappa shape index (κ2) is 8.82. The Morgan fingerprint density at radius 3 is 2.77 bits per heavy atom. The smallest absolute Gasteiger partial charge is 0.255 e. The number of aryl methyl sites for hydroxylation is 1. The first-order chi connectivity index (χ1) is 18.8. The van der Waals surface area contributed by atoms with Crippen LogP contribution in [0.2, 0.25) is 0 Å². The lowest BCUT2D eigenvalue weighted by atomic mass is 9.90. The Morgan fingerprint density at radius 2 is 2.00 bits per heavy atom. The minimum Gasteiger partial charge on any atom is -0.454 e. The van der Waals surface area contributed by atoms with Gasteiger partial charge in [0.25, 0.3) is 5.56 Å². The largest absolute Gasteiger partial charge is 0.454 e. The molecule has 1 fully saturated rings. The van der Waals surface area contributed by atoms with Gasteiger partial charge in [0.05, 0.1) is 23.3 Å². The van der Waals surface area contributed by atoms with Crippen LogP contribution in [0, 0.1) is 17.6 Å². The van der Waals surface area contributed by atoms with E-state index in [0.29, 0.717) is 40.2 Å². The molecule has 0 amide bonds. The third kappa shape index (κ3) is 3.43. The van der Waals surface area contributed by atoms with Crippen molar-refractivity contribution in [2.45, 2.75) is 64.0 Å². The van der Waals surface area contributed by atoms with Gasteiger partial charge >= 0.3 is 0 Å². The number of rotatable bonds is 5. The molecule has 2 aromatic heterocycles. The summed E-state index contributed by atoms with van der Waals surface area (Å²) >= 11 is 0. The summed E-state index contributed by atoms with van der Waals surface area (Å²) in [7, 11) is 0. The molecule has 5 aliphatic rings. The quantitative estimate of drug-likeness (QED) is 0.402. The van der Waals surface area contributed by atoms with Crippen LogP contribution in [0.4, 0.5) is 8.78 Å². The zero-order chi connectivity index (χ0) is 27.1. The summed E-state index contributed by atoms with van der Waals surface area (Å²) in [4.78, 5) is 31.0. The fraction of sp³-hybridized carbons (Fsp3) is 0.483. The number of aliphatic hydroxyl groups is 1. The van der Waals surface area contributed by atoms with Crippen molar-refractivity contribution in [2.75, 3.05) is 19.9 Å². The van der Waals surface area contributed by atoms with Crippen molar-refractivity contribution in [1.82, 2.24) is 14.9 Å². The van der Waals surface area contributed by atoms with E-state index in [-0.39, 0.29) is 48.8 Å². The number of ether oxygens (including phenoxy) is 2. The third-order valence-electron chi connectivity index (χ3n) is 9.01. The summed E-state index contributed by atoms with van der Waals surface area (Å²) in [5.41, 5.74) is 1.10. The highest BCUT2D eigenvalue weighted by molar-refractivity contribution is 5.98. The number of ketones is 1. The second-order valence-electron chi connectivity index (χ2n) is 11.1. The number of nitrogens with one attached hydrogen (secondary N) is 1. The number of Topliss-reactive ketones (excluding diaryl/α,β-unsaturated/α-hetero) is 1. The molecule has 2 bridgehead atoms. The van der Waals surface area contributed by atoms with Crippen molar-refractivity contribution in [2.24, 2.45) is 5.92 Å².